The number of anilines is 1. The number of hydrogen-bond acceptors (Lipinski definition) is 6. The van der Waals surface area contributed by atoms with Gasteiger partial charge in [0.05, 0.1) is 28.3 Å². The van der Waals surface area contributed by atoms with Gasteiger partial charge in [-0.2, -0.15) is 13.2 Å². The molecule has 168 valence electrons. The van der Waals surface area contributed by atoms with Gasteiger partial charge in [-0.3, -0.25) is 14.1 Å². The number of nitrogens with two attached hydrogens (primary N) is 1. The zero-order valence-corrected chi connectivity index (χ0v) is 17.7. The molecule has 0 aliphatic carbocycles. The van der Waals surface area contributed by atoms with Crippen molar-refractivity contribution in [1.82, 2.24) is 24.3 Å². The van der Waals surface area contributed by atoms with E-state index in [2.05, 4.69) is 15.1 Å². The first-order valence-electron chi connectivity index (χ1n) is 9.84. The number of rotatable bonds is 2. The van der Waals surface area contributed by atoms with Crippen molar-refractivity contribution in [3.8, 4) is 16.8 Å². The van der Waals surface area contributed by atoms with Crippen molar-refractivity contribution in [3.63, 3.8) is 0 Å². The van der Waals surface area contributed by atoms with Crippen molar-refractivity contribution in [2.45, 2.75) is 20.0 Å². The molecule has 1 aromatic carbocycles. The number of nitrogen functional groups attached to an aromatic ring is 1. The van der Waals surface area contributed by atoms with Crippen LogP contribution >= 0.6 is 0 Å². The van der Waals surface area contributed by atoms with Crippen molar-refractivity contribution < 1.29 is 17.7 Å². The highest BCUT2D eigenvalue weighted by Crippen LogP contribution is 2.36. The number of benzene rings is 1. The van der Waals surface area contributed by atoms with Crippen molar-refractivity contribution in [3.05, 3.63) is 64.2 Å². The Hall–Kier alpha value is -4.15. The number of alkyl halides is 3. The number of nitrogens with zero attached hydrogens (tertiary/aromatic N) is 5. The highest BCUT2D eigenvalue weighted by molar-refractivity contribution is 6.04. The molecular weight excluding hydrogens is 437 g/mol. The van der Waals surface area contributed by atoms with Crippen LogP contribution in [0.3, 0.4) is 0 Å². The third-order valence-electron chi connectivity index (χ3n) is 5.66. The summed E-state index contributed by atoms with van der Waals surface area (Å²) in [7, 11) is 1.62. The van der Waals surface area contributed by atoms with Gasteiger partial charge in [0.15, 0.2) is 5.76 Å². The maximum absolute atomic E-state index is 13.4. The number of imidazole rings is 1. The van der Waals surface area contributed by atoms with E-state index in [9.17, 15) is 18.0 Å². The lowest BCUT2D eigenvalue weighted by Crippen LogP contribution is -2.21. The number of pyridine rings is 2. The third kappa shape index (κ3) is 3.07. The normalized spacial score (nSPS) is 12.2. The van der Waals surface area contributed by atoms with Gasteiger partial charge in [-0.05, 0) is 37.6 Å². The van der Waals surface area contributed by atoms with Crippen LogP contribution < -0.4 is 11.4 Å². The lowest BCUT2D eigenvalue weighted by molar-refractivity contribution is -0.137. The zero-order chi connectivity index (χ0) is 23.7. The van der Waals surface area contributed by atoms with Crippen LogP contribution in [0, 0.1) is 13.8 Å². The summed E-state index contributed by atoms with van der Waals surface area (Å²) in [6.45, 7) is 3.43. The van der Waals surface area contributed by atoms with Crippen LogP contribution in [0.15, 0.2) is 46.0 Å². The molecule has 4 aromatic heterocycles. The van der Waals surface area contributed by atoms with Crippen molar-refractivity contribution in [1.29, 1.82) is 0 Å². The Morgan fingerprint density at radius 1 is 1.06 bits per heavy atom. The fourth-order valence-corrected chi connectivity index (χ4v) is 4.04. The Morgan fingerprint density at radius 3 is 2.48 bits per heavy atom. The minimum Gasteiger partial charge on any atom is -0.383 e. The number of halogens is 3. The molecule has 0 radical (unpaired) electrons. The number of aryl methyl sites for hydroxylation is 3. The first-order chi connectivity index (χ1) is 15.6. The highest BCUT2D eigenvalue weighted by Gasteiger charge is 2.34. The van der Waals surface area contributed by atoms with E-state index in [4.69, 9.17) is 10.3 Å². The van der Waals surface area contributed by atoms with E-state index < -0.39 is 17.6 Å². The summed E-state index contributed by atoms with van der Waals surface area (Å²) in [5, 5.41) is 4.53. The lowest BCUT2D eigenvalue weighted by Gasteiger charge is -2.12. The van der Waals surface area contributed by atoms with E-state index in [1.165, 1.54) is 15.3 Å². The number of hydrogen-bond donors (Lipinski definition) is 1. The zero-order valence-electron chi connectivity index (χ0n) is 17.7. The van der Waals surface area contributed by atoms with Gasteiger partial charge < -0.3 is 10.3 Å². The van der Waals surface area contributed by atoms with Crippen LogP contribution in [-0.4, -0.2) is 24.3 Å². The van der Waals surface area contributed by atoms with Crippen LogP contribution in [-0.2, 0) is 13.2 Å². The highest BCUT2D eigenvalue weighted by atomic mass is 19.4. The van der Waals surface area contributed by atoms with Gasteiger partial charge in [0.1, 0.15) is 17.2 Å². The fraction of sp³-hybridized carbons (Fsp3) is 0.182. The number of aromatic nitrogens is 5. The molecule has 0 fully saturated rings. The first kappa shape index (κ1) is 20.7. The second kappa shape index (κ2) is 6.92. The maximum atomic E-state index is 13.4. The lowest BCUT2D eigenvalue weighted by atomic mass is 10.0. The molecule has 2 N–H and O–H groups in total. The molecule has 8 nitrogen and oxygen atoms in total. The molecule has 0 saturated carbocycles. The van der Waals surface area contributed by atoms with Gasteiger partial charge in [0.25, 0.3) is 0 Å². The van der Waals surface area contributed by atoms with Crippen LogP contribution in [0.2, 0.25) is 0 Å². The Labute approximate surface area is 184 Å². The second-order valence-corrected chi connectivity index (χ2v) is 7.73. The van der Waals surface area contributed by atoms with Crippen LogP contribution in [0.1, 0.15) is 17.0 Å². The van der Waals surface area contributed by atoms with Crippen molar-refractivity contribution >= 4 is 27.8 Å². The SMILES string of the molecule is Cc1noc(C)c1-n1c(=O)n(C)c2cnc3ccc(-c4cnc(N)c(C(F)(F)F)c4)cc3c21. The molecule has 4 heterocycles. The molecular formula is C22H17F3N6O2. The van der Waals surface area contributed by atoms with Gasteiger partial charge in [-0.15, -0.1) is 0 Å². The first-order valence-corrected chi connectivity index (χ1v) is 9.84. The van der Waals surface area contributed by atoms with Gasteiger partial charge >= 0.3 is 11.9 Å². The molecule has 0 amide bonds. The molecule has 0 aliphatic rings. The summed E-state index contributed by atoms with van der Waals surface area (Å²) < 4.78 is 48.3. The molecule has 5 aromatic rings. The van der Waals surface area contributed by atoms with Gasteiger partial charge in [0, 0.05) is 24.2 Å². The van der Waals surface area contributed by atoms with Gasteiger partial charge in [-0.1, -0.05) is 11.2 Å². The summed E-state index contributed by atoms with van der Waals surface area (Å²) in [5.41, 5.74) is 7.51. The molecule has 0 aliphatic heterocycles. The molecule has 0 atom stereocenters. The van der Waals surface area contributed by atoms with Crippen LogP contribution in [0.25, 0.3) is 38.8 Å². The van der Waals surface area contributed by atoms with E-state index >= 15 is 0 Å². The van der Waals surface area contributed by atoms with E-state index in [-0.39, 0.29) is 11.3 Å². The minimum absolute atomic E-state index is 0.234. The standard InChI is InChI=1S/C22H17F3N6O2/c1-10-18(11(2)33-29-10)31-19-14-6-12(13-7-15(22(23,24)25)20(26)28-8-13)4-5-16(14)27-9-17(19)30(3)21(31)32/h4-9H,1-3H3,(H2,26,28). The fourth-order valence-electron chi connectivity index (χ4n) is 4.04. The molecule has 0 spiro atoms. The largest absolute Gasteiger partial charge is 0.419 e. The Balaban J connectivity index is 1.85. The minimum atomic E-state index is -4.64. The topological polar surface area (TPSA) is 105 Å². The molecule has 0 saturated heterocycles. The summed E-state index contributed by atoms with van der Waals surface area (Å²) in [6.07, 6.45) is -1.77. The van der Waals surface area contributed by atoms with Crippen LogP contribution in [0.4, 0.5) is 19.0 Å². The molecule has 33 heavy (non-hydrogen) atoms. The average molecular weight is 454 g/mol. The Bertz CT molecular complexity index is 1610. The predicted octanol–water partition coefficient (Wildman–Crippen LogP) is 4.15. The van der Waals surface area contributed by atoms with Crippen molar-refractivity contribution in [2.24, 2.45) is 7.05 Å². The Morgan fingerprint density at radius 2 is 1.82 bits per heavy atom. The predicted molar refractivity (Wildman–Crippen MR) is 116 cm³/mol. The Kier molecular flexibility index (Phi) is 4.35. The second-order valence-electron chi connectivity index (χ2n) is 7.73. The third-order valence-corrected chi connectivity index (χ3v) is 5.66. The van der Waals surface area contributed by atoms with Gasteiger partial charge in [-0.25, -0.2) is 9.78 Å². The summed E-state index contributed by atoms with van der Waals surface area (Å²) in [6, 6.07) is 5.98. The monoisotopic (exact) mass is 454 g/mol. The van der Waals surface area contributed by atoms with Crippen molar-refractivity contribution in [2.75, 3.05) is 5.73 Å². The van der Waals surface area contributed by atoms with E-state index in [0.29, 0.717) is 44.6 Å². The average Bonchev–Trinajstić information content (AvgIpc) is 3.22. The maximum Gasteiger partial charge on any atom is 0.419 e. The summed E-state index contributed by atoms with van der Waals surface area (Å²) >= 11 is 0. The molecule has 0 bridgehead atoms. The summed E-state index contributed by atoms with van der Waals surface area (Å²) in [5.74, 6) is -0.132. The molecule has 0 unspecified atom stereocenters. The number of fused-ring (bicyclic) bond motifs is 3. The molecule has 5 rings (SSSR count). The van der Waals surface area contributed by atoms with E-state index in [1.807, 2.05) is 0 Å². The van der Waals surface area contributed by atoms with Gasteiger partial charge in [0.2, 0.25) is 0 Å². The van der Waals surface area contributed by atoms with E-state index in [0.717, 1.165) is 6.07 Å². The van der Waals surface area contributed by atoms with E-state index in [1.54, 1.807) is 45.3 Å². The quantitative estimate of drug-likeness (QED) is 0.430. The molecule has 11 heteroatoms. The smallest absolute Gasteiger partial charge is 0.383 e. The van der Waals surface area contributed by atoms with Crippen LogP contribution in [0.5, 0.6) is 0 Å². The summed E-state index contributed by atoms with van der Waals surface area (Å²) in [4.78, 5) is 21.3.